The van der Waals surface area contributed by atoms with Crippen LogP contribution in [-0.4, -0.2) is 56.4 Å². The Kier molecular flexibility index (Phi) is 6.78. The van der Waals surface area contributed by atoms with E-state index >= 15 is 0 Å². The zero-order valence-electron chi connectivity index (χ0n) is 20.3. The van der Waals surface area contributed by atoms with Gasteiger partial charge in [-0.1, -0.05) is 19.1 Å². The highest BCUT2D eigenvalue weighted by atomic mass is 16.2. The SMILES string of the molecule is CCc1ccc(-c2cnc(N)c(C#N)n2)cc1C1CC1C(N)=NC(=O)c1cnn(CC(=O)N(C)C)c1. The number of hydrogen-bond donors (Lipinski definition) is 2. The number of carbonyl (C=O) groups is 2. The molecule has 0 spiro atoms. The summed E-state index contributed by atoms with van der Waals surface area (Å²) in [7, 11) is 3.31. The van der Waals surface area contributed by atoms with E-state index in [2.05, 4.69) is 27.0 Å². The fourth-order valence-corrected chi connectivity index (χ4v) is 4.01. The molecule has 11 heteroatoms. The van der Waals surface area contributed by atoms with Crippen molar-refractivity contribution in [3.8, 4) is 17.3 Å². The summed E-state index contributed by atoms with van der Waals surface area (Å²) in [6.45, 7) is 2.11. The van der Waals surface area contributed by atoms with Crippen LogP contribution in [0.25, 0.3) is 11.3 Å². The van der Waals surface area contributed by atoms with E-state index in [-0.39, 0.29) is 47.2 Å². The summed E-state index contributed by atoms with van der Waals surface area (Å²) in [5.74, 6) is -0.205. The van der Waals surface area contributed by atoms with Gasteiger partial charge >= 0.3 is 0 Å². The van der Waals surface area contributed by atoms with Crippen LogP contribution in [0.1, 0.15) is 46.4 Å². The summed E-state index contributed by atoms with van der Waals surface area (Å²) < 4.78 is 1.40. The number of nitrogens with two attached hydrogens (primary N) is 2. The summed E-state index contributed by atoms with van der Waals surface area (Å²) in [5, 5.41) is 13.3. The monoisotopic (exact) mass is 485 g/mol. The maximum absolute atomic E-state index is 12.6. The number of hydrogen-bond acceptors (Lipinski definition) is 7. The smallest absolute Gasteiger partial charge is 0.281 e. The average molecular weight is 486 g/mol. The maximum atomic E-state index is 12.6. The second-order valence-corrected chi connectivity index (χ2v) is 8.87. The lowest BCUT2D eigenvalue weighted by Gasteiger charge is -2.11. The van der Waals surface area contributed by atoms with Gasteiger partial charge in [-0.3, -0.25) is 14.3 Å². The summed E-state index contributed by atoms with van der Waals surface area (Å²) in [5.41, 5.74) is 16.0. The Morgan fingerprint density at radius 1 is 1.31 bits per heavy atom. The van der Waals surface area contributed by atoms with Crippen LogP contribution in [0.2, 0.25) is 0 Å². The highest BCUT2D eigenvalue weighted by molar-refractivity contribution is 6.04. The van der Waals surface area contributed by atoms with Gasteiger partial charge < -0.3 is 16.4 Å². The number of nitrogen functional groups attached to an aromatic ring is 1. The predicted octanol–water partition coefficient (Wildman–Crippen LogP) is 1.75. The molecule has 0 aliphatic heterocycles. The van der Waals surface area contributed by atoms with Gasteiger partial charge in [-0.2, -0.15) is 15.4 Å². The zero-order chi connectivity index (χ0) is 26.0. The lowest BCUT2D eigenvalue weighted by Crippen LogP contribution is -2.26. The van der Waals surface area contributed by atoms with Crippen molar-refractivity contribution < 1.29 is 9.59 Å². The molecule has 1 aliphatic rings. The molecule has 11 nitrogen and oxygen atoms in total. The van der Waals surface area contributed by atoms with E-state index in [1.165, 1.54) is 27.5 Å². The number of anilines is 1. The highest BCUT2D eigenvalue weighted by Crippen LogP contribution is 2.49. The van der Waals surface area contributed by atoms with Gasteiger partial charge in [-0.15, -0.1) is 0 Å². The van der Waals surface area contributed by atoms with Crippen molar-refractivity contribution in [2.75, 3.05) is 19.8 Å². The predicted molar refractivity (Wildman–Crippen MR) is 134 cm³/mol. The summed E-state index contributed by atoms with van der Waals surface area (Å²) in [4.78, 5) is 38.5. The molecule has 184 valence electrons. The molecular formula is C25H27N9O2. The first-order chi connectivity index (χ1) is 17.2. The van der Waals surface area contributed by atoms with Gasteiger partial charge in [0.25, 0.3) is 5.91 Å². The van der Waals surface area contributed by atoms with Gasteiger partial charge in [0.15, 0.2) is 11.5 Å². The molecular weight excluding hydrogens is 458 g/mol. The molecule has 1 fully saturated rings. The van der Waals surface area contributed by atoms with Crippen molar-refractivity contribution in [3.05, 3.63) is 59.2 Å². The first kappa shape index (κ1) is 24.5. The Morgan fingerprint density at radius 3 is 2.78 bits per heavy atom. The second kappa shape index (κ2) is 9.95. The molecule has 2 unspecified atom stereocenters. The molecule has 4 rings (SSSR count). The number of aliphatic imine (C=N–C) groups is 1. The number of nitrogens with zero attached hydrogens (tertiary/aromatic N) is 7. The normalized spacial score (nSPS) is 16.9. The quantitative estimate of drug-likeness (QED) is 0.376. The van der Waals surface area contributed by atoms with Crippen molar-refractivity contribution >= 4 is 23.5 Å². The Labute approximate surface area is 208 Å². The van der Waals surface area contributed by atoms with Crippen molar-refractivity contribution in [3.63, 3.8) is 0 Å². The van der Waals surface area contributed by atoms with Crippen molar-refractivity contribution in [2.45, 2.75) is 32.2 Å². The van der Waals surface area contributed by atoms with Gasteiger partial charge in [0.2, 0.25) is 5.91 Å². The molecule has 36 heavy (non-hydrogen) atoms. The van der Waals surface area contributed by atoms with Gasteiger partial charge in [0, 0.05) is 31.8 Å². The van der Waals surface area contributed by atoms with E-state index in [0.717, 1.165) is 24.0 Å². The summed E-state index contributed by atoms with van der Waals surface area (Å²) in [6, 6.07) is 7.97. The minimum Gasteiger partial charge on any atom is -0.387 e. The Bertz CT molecular complexity index is 1400. The third-order valence-corrected chi connectivity index (χ3v) is 6.21. The number of aryl methyl sites for hydroxylation is 1. The summed E-state index contributed by atoms with van der Waals surface area (Å²) >= 11 is 0. The van der Waals surface area contributed by atoms with E-state index in [4.69, 9.17) is 11.5 Å². The minimum atomic E-state index is -0.493. The lowest BCUT2D eigenvalue weighted by atomic mass is 9.96. The van der Waals surface area contributed by atoms with Crippen LogP contribution in [0.5, 0.6) is 0 Å². The lowest BCUT2D eigenvalue weighted by molar-refractivity contribution is -0.129. The van der Waals surface area contributed by atoms with Crippen LogP contribution in [0, 0.1) is 17.2 Å². The molecule has 4 N–H and O–H groups in total. The van der Waals surface area contributed by atoms with E-state index in [0.29, 0.717) is 5.69 Å². The standard InChI is InChI=1S/C25H27N9O2/c1-4-14-5-6-15(21-11-29-24(28)20(9-26)31-21)7-17(14)18-8-19(18)23(27)32-25(36)16-10-30-34(12-16)13-22(35)33(2)3/h5-7,10-12,18-19H,4,8,13H2,1-3H3,(H2,28,29)(H2,27,32,36). The number of amides is 2. The molecule has 3 aromatic rings. The van der Waals surface area contributed by atoms with Gasteiger partial charge in [0.05, 0.1) is 23.7 Å². The Hall–Kier alpha value is -4.59. The second-order valence-electron chi connectivity index (χ2n) is 8.87. The maximum Gasteiger partial charge on any atom is 0.281 e. The van der Waals surface area contributed by atoms with Crippen LogP contribution in [0.15, 0.2) is 41.8 Å². The Morgan fingerprint density at radius 2 is 2.08 bits per heavy atom. The van der Waals surface area contributed by atoms with E-state index in [1.54, 1.807) is 20.3 Å². The number of aromatic nitrogens is 4. The number of nitriles is 1. The number of likely N-dealkylation sites (N-methyl/N-ethyl adjacent to an activating group) is 1. The number of amidine groups is 1. The van der Waals surface area contributed by atoms with E-state index < -0.39 is 5.91 Å². The molecule has 2 aromatic heterocycles. The van der Waals surface area contributed by atoms with Crippen LogP contribution < -0.4 is 11.5 Å². The topological polar surface area (TPSA) is 169 Å². The first-order valence-corrected chi connectivity index (χ1v) is 11.5. The van der Waals surface area contributed by atoms with Crippen molar-refractivity contribution in [1.82, 2.24) is 24.6 Å². The largest absolute Gasteiger partial charge is 0.387 e. The first-order valence-electron chi connectivity index (χ1n) is 11.5. The van der Waals surface area contributed by atoms with Gasteiger partial charge in [0.1, 0.15) is 18.4 Å². The minimum absolute atomic E-state index is 0.0363. The Balaban J connectivity index is 1.51. The van der Waals surface area contributed by atoms with Crippen molar-refractivity contribution in [2.24, 2.45) is 16.6 Å². The molecule has 2 amide bonds. The molecule has 0 bridgehead atoms. The van der Waals surface area contributed by atoms with Crippen LogP contribution in [0.3, 0.4) is 0 Å². The zero-order valence-corrected chi connectivity index (χ0v) is 20.3. The summed E-state index contributed by atoms with van der Waals surface area (Å²) in [6.07, 6.45) is 6.02. The molecule has 2 heterocycles. The highest BCUT2D eigenvalue weighted by Gasteiger charge is 2.42. The van der Waals surface area contributed by atoms with Crippen LogP contribution >= 0.6 is 0 Å². The average Bonchev–Trinajstić information content (AvgIpc) is 3.54. The van der Waals surface area contributed by atoms with Crippen LogP contribution in [0.4, 0.5) is 5.82 Å². The molecule has 1 aliphatic carbocycles. The molecule has 1 saturated carbocycles. The van der Waals surface area contributed by atoms with Crippen LogP contribution in [-0.2, 0) is 17.8 Å². The number of benzene rings is 1. The fraction of sp³-hybridized carbons (Fsp3) is 0.320. The van der Waals surface area contributed by atoms with Gasteiger partial charge in [-0.05, 0) is 36.0 Å². The number of rotatable bonds is 7. The van der Waals surface area contributed by atoms with E-state index in [1.807, 2.05) is 24.3 Å². The third-order valence-electron chi connectivity index (χ3n) is 6.21. The van der Waals surface area contributed by atoms with E-state index in [9.17, 15) is 14.9 Å². The van der Waals surface area contributed by atoms with Gasteiger partial charge in [-0.25, -0.2) is 9.97 Å². The number of carbonyl (C=O) groups excluding carboxylic acids is 2. The van der Waals surface area contributed by atoms with Crippen molar-refractivity contribution in [1.29, 1.82) is 5.26 Å². The molecule has 0 saturated heterocycles. The third kappa shape index (κ3) is 5.07. The fourth-order valence-electron chi connectivity index (χ4n) is 4.01. The molecule has 0 radical (unpaired) electrons. The molecule has 2 atom stereocenters. The molecule has 1 aromatic carbocycles.